The van der Waals surface area contributed by atoms with Gasteiger partial charge in [0, 0.05) is 12.6 Å². The van der Waals surface area contributed by atoms with Gasteiger partial charge in [0.2, 0.25) is 5.28 Å². The summed E-state index contributed by atoms with van der Waals surface area (Å²) in [6.45, 7) is 4.94. The molecule has 2 aromatic rings. The lowest BCUT2D eigenvalue weighted by Gasteiger charge is -2.36. The molecule has 2 aromatic heterocycles. The lowest BCUT2D eigenvalue weighted by atomic mass is 9.94. The van der Waals surface area contributed by atoms with Crippen molar-refractivity contribution in [2.24, 2.45) is 0 Å². The van der Waals surface area contributed by atoms with Gasteiger partial charge in [0.15, 0.2) is 11.5 Å². The number of rotatable bonds is 2. The molecule has 0 radical (unpaired) electrons. The first kappa shape index (κ1) is 12.6. The minimum absolute atomic E-state index is 0.111. The van der Waals surface area contributed by atoms with Crippen molar-refractivity contribution in [1.29, 1.82) is 0 Å². The molecule has 6 nitrogen and oxygen atoms in total. The highest BCUT2D eigenvalue weighted by molar-refractivity contribution is 6.28. The van der Waals surface area contributed by atoms with Crippen molar-refractivity contribution in [1.82, 2.24) is 19.9 Å². The highest BCUT2D eigenvalue weighted by Crippen LogP contribution is 2.27. The summed E-state index contributed by atoms with van der Waals surface area (Å²) in [5, 5.41) is 3.62. The van der Waals surface area contributed by atoms with Gasteiger partial charge in [-0.05, 0) is 38.3 Å². The van der Waals surface area contributed by atoms with Gasteiger partial charge in [-0.2, -0.15) is 9.97 Å². The molecule has 1 atom stereocenters. The molecule has 1 aliphatic rings. The van der Waals surface area contributed by atoms with Crippen LogP contribution in [0.2, 0.25) is 5.28 Å². The van der Waals surface area contributed by atoms with Crippen LogP contribution >= 0.6 is 11.6 Å². The van der Waals surface area contributed by atoms with Crippen LogP contribution in [0.5, 0.6) is 0 Å². The van der Waals surface area contributed by atoms with E-state index in [2.05, 4.69) is 39.1 Å². The Morgan fingerprint density at radius 1 is 1.47 bits per heavy atom. The number of imidazole rings is 1. The predicted molar refractivity (Wildman–Crippen MR) is 73.4 cm³/mol. The zero-order valence-electron chi connectivity index (χ0n) is 10.9. The highest BCUT2D eigenvalue weighted by atomic mass is 35.5. The monoisotopic (exact) mass is 281 g/mol. The number of ether oxygens (including phenoxy) is 1. The lowest BCUT2D eigenvalue weighted by Crippen LogP contribution is -2.40. The van der Waals surface area contributed by atoms with Crippen molar-refractivity contribution in [3.8, 4) is 0 Å². The number of H-pyrrole nitrogens is 1. The number of aromatic amines is 1. The predicted octanol–water partition coefficient (Wildman–Crippen LogP) is 2.38. The van der Waals surface area contributed by atoms with E-state index < -0.39 is 0 Å². The molecule has 7 heteroatoms. The Morgan fingerprint density at radius 2 is 2.32 bits per heavy atom. The second-order valence-corrected chi connectivity index (χ2v) is 5.72. The summed E-state index contributed by atoms with van der Waals surface area (Å²) in [5.41, 5.74) is 1.25. The van der Waals surface area contributed by atoms with E-state index >= 15 is 0 Å². The fourth-order valence-electron chi connectivity index (χ4n) is 2.46. The van der Waals surface area contributed by atoms with Crippen LogP contribution in [-0.2, 0) is 4.74 Å². The SMILES string of the molecule is CC1(C)CC(Nc2nc(Cl)nc3nc[nH]c23)CCO1. The summed E-state index contributed by atoms with van der Waals surface area (Å²) in [5.74, 6) is 0.704. The topological polar surface area (TPSA) is 75.7 Å². The van der Waals surface area contributed by atoms with Gasteiger partial charge in [0.05, 0.1) is 11.9 Å². The molecule has 3 rings (SSSR count). The van der Waals surface area contributed by atoms with Gasteiger partial charge in [0.25, 0.3) is 0 Å². The number of nitrogens with one attached hydrogen (secondary N) is 2. The van der Waals surface area contributed by atoms with Gasteiger partial charge in [0.1, 0.15) is 5.52 Å². The van der Waals surface area contributed by atoms with Gasteiger partial charge in [-0.3, -0.25) is 0 Å². The Hall–Kier alpha value is -1.40. The second kappa shape index (κ2) is 4.61. The van der Waals surface area contributed by atoms with E-state index in [-0.39, 0.29) is 10.9 Å². The van der Waals surface area contributed by atoms with Crippen LogP contribution in [0, 0.1) is 0 Å². The third kappa shape index (κ3) is 2.64. The van der Waals surface area contributed by atoms with Gasteiger partial charge in [-0.25, -0.2) is 4.98 Å². The van der Waals surface area contributed by atoms with E-state index in [0.29, 0.717) is 17.5 Å². The maximum atomic E-state index is 5.91. The first-order valence-electron chi connectivity index (χ1n) is 6.31. The molecule has 19 heavy (non-hydrogen) atoms. The molecule has 3 heterocycles. The summed E-state index contributed by atoms with van der Waals surface area (Å²) in [4.78, 5) is 15.5. The van der Waals surface area contributed by atoms with Gasteiger partial charge < -0.3 is 15.0 Å². The van der Waals surface area contributed by atoms with Gasteiger partial charge >= 0.3 is 0 Å². The number of fused-ring (bicyclic) bond motifs is 1. The maximum Gasteiger partial charge on any atom is 0.226 e. The van der Waals surface area contributed by atoms with Crippen LogP contribution in [0.1, 0.15) is 26.7 Å². The Morgan fingerprint density at radius 3 is 3.11 bits per heavy atom. The molecule has 0 spiro atoms. The zero-order chi connectivity index (χ0) is 13.5. The van der Waals surface area contributed by atoms with Crippen molar-refractivity contribution >= 4 is 28.6 Å². The number of halogens is 1. The van der Waals surface area contributed by atoms with Crippen molar-refractivity contribution in [3.63, 3.8) is 0 Å². The van der Waals surface area contributed by atoms with E-state index in [9.17, 15) is 0 Å². The van der Waals surface area contributed by atoms with Gasteiger partial charge in [-0.1, -0.05) is 0 Å². The quantitative estimate of drug-likeness (QED) is 0.827. The number of anilines is 1. The standard InChI is InChI=1S/C12H16ClN5O/c1-12(2)5-7(3-4-19-12)16-10-8-9(15-6-14-8)17-11(13)18-10/h6-7H,3-5H2,1-2H3,(H2,14,15,16,17,18). The summed E-state index contributed by atoms with van der Waals surface area (Å²) >= 11 is 5.91. The molecule has 1 aliphatic heterocycles. The molecule has 1 saturated heterocycles. The molecule has 0 aromatic carbocycles. The first-order chi connectivity index (χ1) is 9.03. The van der Waals surface area contributed by atoms with Crippen LogP contribution in [-0.4, -0.2) is 38.2 Å². The minimum atomic E-state index is -0.111. The van der Waals surface area contributed by atoms with Crippen LogP contribution in [0.3, 0.4) is 0 Å². The van der Waals surface area contributed by atoms with Gasteiger partial charge in [-0.15, -0.1) is 0 Å². The maximum absolute atomic E-state index is 5.91. The van der Waals surface area contributed by atoms with E-state index in [4.69, 9.17) is 16.3 Å². The molecule has 0 saturated carbocycles. The molecular formula is C12H16ClN5O. The van der Waals surface area contributed by atoms with Crippen LogP contribution in [0.15, 0.2) is 6.33 Å². The average molecular weight is 282 g/mol. The summed E-state index contributed by atoms with van der Waals surface area (Å²) in [7, 11) is 0. The van der Waals surface area contributed by atoms with Crippen molar-refractivity contribution in [3.05, 3.63) is 11.6 Å². The third-order valence-corrected chi connectivity index (χ3v) is 3.47. The summed E-state index contributed by atoms with van der Waals surface area (Å²) < 4.78 is 5.71. The molecular weight excluding hydrogens is 266 g/mol. The largest absolute Gasteiger partial charge is 0.375 e. The smallest absolute Gasteiger partial charge is 0.226 e. The van der Waals surface area contributed by atoms with Crippen LogP contribution < -0.4 is 5.32 Å². The number of aromatic nitrogens is 4. The minimum Gasteiger partial charge on any atom is -0.375 e. The van der Waals surface area contributed by atoms with E-state index in [1.54, 1.807) is 6.33 Å². The molecule has 0 aliphatic carbocycles. The number of hydrogen-bond donors (Lipinski definition) is 2. The number of nitrogens with zero attached hydrogens (tertiary/aromatic N) is 3. The zero-order valence-corrected chi connectivity index (χ0v) is 11.7. The Bertz CT molecular complexity index is 597. The molecule has 0 amide bonds. The third-order valence-electron chi connectivity index (χ3n) is 3.30. The Balaban J connectivity index is 1.86. The normalized spacial score (nSPS) is 22.6. The fourth-order valence-corrected chi connectivity index (χ4v) is 2.62. The molecule has 102 valence electrons. The molecule has 0 bridgehead atoms. The Labute approximate surface area is 115 Å². The molecule has 1 unspecified atom stereocenters. The average Bonchev–Trinajstić information content (AvgIpc) is 2.75. The van der Waals surface area contributed by atoms with E-state index in [1.807, 2.05) is 0 Å². The highest BCUT2D eigenvalue weighted by Gasteiger charge is 2.29. The first-order valence-corrected chi connectivity index (χ1v) is 6.68. The van der Waals surface area contributed by atoms with E-state index in [1.165, 1.54) is 0 Å². The van der Waals surface area contributed by atoms with E-state index in [0.717, 1.165) is 25.0 Å². The van der Waals surface area contributed by atoms with Crippen molar-refractivity contribution in [2.75, 3.05) is 11.9 Å². The second-order valence-electron chi connectivity index (χ2n) is 5.38. The van der Waals surface area contributed by atoms with Crippen molar-refractivity contribution < 1.29 is 4.74 Å². The lowest BCUT2D eigenvalue weighted by molar-refractivity contribution is -0.0553. The summed E-state index contributed by atoms with van der Waals surface area (Å²) in [6, 6.07) is 0.307. The molecule has 1 fully saturated rings. The number of hydrogen-bond acceptors (Lipinski definition) is 5. The fraction of sp³-hybridized carbons (Fsp3) is 0.583. The van der Waals surface area contributed by atoms with Crippen LogP contribution in [0.4, 0.5) is 5.82 Å². The van der Waals surface area contributed by atoms with Crippen molar-refractivity contribution in [2.45, 2.75) is 38.3 Å². The Kier molecular flexibility index (Phi) is 3.06. The van der Waals surface area contributed by atoms with Crippen LogP contribution in [0.25, 0.3) is 11.2 Å². The summed E-state index contributed by atoms with van der Waals surface area (Å²) in [6.07, 6.45) is 3.46. The molecule has 2 N–H and O–H groups in total.